The largest absolute Gasteiger partial charge is 1.00 e. The molecule has 0 saturated heterocycles. The number of benzene rings is 4. The number of unbranched alkanes of at least 4 members (excludes halogenated alkanes) is 2. The van der Waals surface area contributed by atoms with Gasteiger partial charge in [0.1, 0.15) is 58.9 Å². The number of aliphatic hydroxyl groups is 2. The van der Waals surface area contributed by atoms with E-state index in [1.807, 2.05) is 24.3 Å². The molecule has 0 saturated carbocycles. The molecule has 8 N–H and O–H groups in total. The van der Waals surface area contributed by atoms with Gasteiger partial charge in [0, 0.05) is 59.1 Å². The van der Waals surface area contributed by atoms with E-state index in [9.17, 15) is 17.5 Å². The van der Waals surface area contributed by atoms with Crippen LogP contribution in [0.5, 0.6) is 23.0 Å². The number of aliphatic hydroxyl groups excluding tert-OH is 2. The Morgan fingerprint density at radius 3 is 0.734 bits per heavy atom. The van der Waals surface area contributed by atoms with Gasteiger partial charge in [0.15, 0.2) is 0 Å². The van der Waals surface area contributed by atoms with Gasteiger partial charge in [-0.2, -0.15) is 29.9 Å². The van der Waals surface area contributed by atoms with Crippen molar-refractivity contribution in [2.45, 2.75) is 39.5 Å². The van der Waals surface area contributed by atoms with Crippen molar-refractivity contribution < 1.29 is 190 Å². The minimum absolute atomic E-state index is 0. The van der Waals surface area contributed by atoms with Gasteiger partial charge in [-0.15, -0.1) is 0 Å². The summed E-state index contributed by atoms with van der Waals surface area (Å²) < 4.78 is 169. The molecule has 0 amide bonds. The van der Waals surface area contributed by atoms with Crippen LogP contribution in [0, 0.1) is 0 Å². The molecule has 40 nitrogen and oxygen atoms in total. The maximum absolute atomic E-state index is 12.1. The first-order chi connectivity index (χ1) is 60.1. The van der Waals surface area contributed by atoms with Crippen LogP contribution in [0.3, 0.4) is 0 Å². The molecular weight excluding hydrogens is 1690 g/mol. The number of anilines is 10. The van der Waals surface area contributed by atoms with E-state index in [2.05, 4.69) is 75.7 Å². The summed E-state index contributed by atoms with van der Waals surface area (Å²) in [6, 6.07) is 23.8. The molecule has 124 heavy (non-hydrogen) atoms. The summed E-state index contributed by atoms with van der Waals surface area (Å²) in [6.07, 6.45) is 6.61. The number of aromatic nitrogens is 6. The molecule has 4 aromatic carbocycles. The Labute approximate surface area is 775 Å². The molecule has 684 valence electrons. The molecule has 2 aromatic heterocycles. The summed E-state index contributed by atoms with van der Waals surface area (Å²) in [5, 5.41) is 36.5. The molecule has 2 heterocycles. The van der Waals surface area contributed by atoms with Gasteiger partial charge in [-0.25, -0.2) is 8.42 Å². The van der Waals surface area contributed by atoms with Gasteiger partial charge in [-0.1, -0.05) is 38.8 Å². The molecule has 0 bridgehead atoms. The van der Waals surface area contributed by atoms with Crippen molar-refractivity contribution in [2.75, 3.05) is 309 Å². The zero-order chi connectivity index (χ0) is 86.3. The predicted molar refractivity (Wildman–Crippen MR) is 453 cm³/mol. The first kappa shape index (κ1) is 110. The molecule has 2 unspecified atom stereocenters. The van der Waals surface area contributed by atoms with Crippen molar-refractivity contribution in [1.29, 1.82) is 0 Å². The number of nitrogens with one attached hydrogen (secondary N) is 6. The topological polar surface area (TPSA) is 473 Å². The molecule has 0 radical (unpaired) electrons. The van der Waals surface area contributed by atoms with Crippen LogP contribution in [0.15, 0.2) is 84.9 Å². The molecular formula is C80H122N12Na2O28S2. The van der Waals surface area contributed by atoms with Gasteiger partial charge >= 0.3 is 59.1 Å². The number of rotatable bonds is 82. The zero-order valence-electron chi connectivity index (χ0n) is 71.8. The fraction of sp³-hybridized carbons (Fsp3) is 0.600. The Bertz CT molecular complexity index is 3470. The quantitative estimate of drug-likeness (QED) is 0.0114. The summed E-state index contributed by atoms with van der Waals surface area (Å²) >= 11 is -6.02. The molecule has 6 rings (SSSR count). The van der Waals surface area contributed by atoms with Gasteiger partial charge in [0.2, 0.25) is 35.7 Å². The number of hydrogen-bond donors (Lipinski definition) is 8. The van der Waals surface area contributed by atoms with Crippen LogP contribution in [0.4, 0.5) is 58.4 Å². The maximum atomic E-state index is 12.1. The van der Waals surface area contributed by atoms with Crippen molar-refractivity contribution in [3.8, 4) is 23.0 Å². The van der Waals surface area contributed by atoms with Gasteiger partial charge < -0.3 is 154 Å². The molecule has 0 aliphatic heterocycles. The maximum Gasteiger partial charge on any atom is 1.00 e. The van der Waals surface area contributed by atoms with Crippen molar-refractivity contribution in [3.63, 3.8) is 0 Å². The Kier molecular flexibility index (Phi) is 67.6. The summed E-state index contributed by atoms with van der Waals surface area (Å²) in [4.78, 5) is 27.5. The van der Waals surface area contributed by atoms with Crippen LogP contribution in [0.25, 0.3) is 12.2 Å². The van der Waals surface area contributed by atoms with E-state index in [1.165, 1.54) is 24.3 Å². The van der Waals surface area contributed by atoms with Crippen molar-refractivity contribution in [2.24, 2.45) is 0 Å². The van der Waals surface area contributed by atoms with Crippen molar-refractivity contribution in [3.05, 3.63) is 96.1 Å². The monoisotopic (exact) mass is 1810 g/mol. The second-order valence-corrected chi connectivity index (χ2v) is 26.5. The van der Waals surface area contributed by atoms with Crippen molar-refractivity contribution >= 4 is 93.3 Å². The van der Waals surface area contributed by atoms with Crippen LogP contribution >= 0.6 is 0 Å². The molecule has 2 atom stereocenters. The average molecular weight is 1810 g/mol. The van der Waals surface area contributed by atoms with Crippen LogP contribution in [-0.2, 0) is 108 Å². The summed E-state index contributed by atoms with van der Waals surface area (Å²) in [6.45, 7) is 21.4. The van der Waals surface area contributed by atoms with E-state index in [4.69, 9.17) is 113 Å². The molecule has 44 heteroatoms. The molecule has 6 aromatic rings. The van der Waals surface area contributed by atoms with E-state index in [0.717, 1.165) is 25.7 Å². The number of ether oxygens (including phenoxy) is 20. The molecule has 0 fully saturated rings. The van der Waals surface area contributed by atoms with Crippen molar-refractivity contribution in [1.82, 2.24) is 29.9 Å². The number of nitrogens with zero attached hydrogens (tertiary/aromatic N) is 6. The standard InChI is InChI=1S/C80H124N12O28S2.2Na/c1-3-5-21-81-75-87-77(83-67-13-17-71(18-14-67)117-61-59-115-57-55-113-53-51-111-49-47-109-45-43-107-41-39-105-37-35-103-33-31-101-29-27-99-25-23-93)91-79(89-75)85-69-11-9-65(73(63-69)119-121(95)96)7-8-66-10-12-70(64-74(66)120-122(97)98)86-80-90-76(82-22-6-4-2)88-78(92-80)84-68-15-19-72(20-16-68)118-62-60-116-58-56-114-54-52-112-50-48-110-46-44-108-42-40-106-38-36-104-34-32-102-30-28-100-26-24-94;;/h7-20,63-64,93-94H,3-6,21-62H2,1-2H3,(H,95,96)(H,97,98)(H3,81,83,85,87,89,91)(H3,82,84,86,88,90,92);;/q;2*+1/p-2/b8-7+;;. The Balaban J connectivity index is 0.0000161. The Hall–Kier alpha value is -5.94. The smallest absolute Gasteiger partial charge is 0.740 e. The Morgan fingerprint density at radius 2 is 0.508 bits per heavy atom. The first-order valence-corrected chi connectivity index (χ1v) is 42.8. The van der Waals surface area contributed by atoms with Crippen LogP contribution in [0.2, 0.25) is 0 Å². The summed E-state index contributed by atoms with van der Waals surface area (Å²) in [5.41, 5.74) is 2.60. The minimum Gasteiger partial charge on any atom is -0.740 e. The van der Waals surface area contributed by atoms with Crippen LogP contribution in [0.1, 0.15) is 50.7 Å². The van der Waals surface area contributed by atoms with E-state index >= 15 is 0 Å². The SMILES string of the molecule is CCCCNc1nc(Nc2ccc(OCCOCCOCCOCCOCCOCCOCCOCCOCCOCCO)cc2)nc(Nc2ccc(/C=C/c3ccc(Nc4nc(NCCCC)nc(Nc5ccc(OCCOCCOCCOCCOCCOCCOCCOCCOCCOCCO)cc5)n4)cc3OS(=O)[O-])c(OS(=O)[O-])c2)n1.[Na+].[Na+]. The van der Waals surface area contributed by atoms with Gasteiger partial charge in [-0.3, -0.25) is 0 Å². The predicted octanol–water partition coefficient (Wildman–Crippen LogP) is 1.02. The summed E-state index contributed by atoms with van der Waals surface area (Å²) in [7, 11) is 0. The Morgan fingerprint density at radius 1 is 0.298 bits per heavy atom. The van der Waals surface area contributed by atoms with Crippen LogP contribution < -0.4 is 109 Å². The van der Waals surface area contributed by atoms with E-state index in [0.29, 0.717) is 310 Å². The van der Waals surface area contributed by atoms with E-state index < -0.39 is 22.7 Å². The second kappa shape index (κ2) is 76.0. The van der Waals surface area contributed by atoms with Crippen LogP contribution in [-0.4, -0.2) is 335 Å². The first-order valence-electron chi connectivity index (χ1n) is 40.8. The molecule has 0 spiro atoms. The minimum atomic E-state index is -3.01. The third kappa shape index (κ3) is 56.4. The van der Waals surface area contributed by atoms with Gasteiger partial charge in [0.05, 0.1) is 251 Å². The fourth-order valence-corrected chi connectivity index (χ4v) is 10.5. The summed E-state index contributed by atoms with van der Waals surface area (Å²) in [5.74, 6) is 2.25. The normalized spacial score (nSPS) is 11.8. The second-order valence-electron chi connectivity index (χ2n) is 25.3. The number of hydrogen-bond acceptors (Lipinski definition) is 40. The third-order valence-corrected chi connectivity index (χ3v) is 16.5. The third-order valence-electron chi connectivity index (χ3n) is 15.8. The van der Waals surface area contributed by atoms with E-state index in [-0.39, 0.29) is 120 Å². The molecule has 0 aliphatic carbocycles. The zero-order valence-corrected chi connectivity index (χ0v) is 77.4. The van der Waals surface area contributed by atoms with Gasteiger partial charge in [0.25, 0.3) is 0 Å². The van der Waals surface area contributed by atoms with E-state index in [1.54, 1.807) is 48.5 Å². The molecule has 0 aliphatic rings. The fourth-order valence-electron chi connectivity index (χ4n) is 9.93. The average Bonchev–Trinajstić information content (AvgIpc) is 0.825. The van der Waals surface area contributed by atoms with Gasteiger partial charge in [-0.05, 0) is 85.6 Å².